The molecule has 0 spiro atoms. The van der Waals surface area contributed by atoms with Gasteiger partial charge in [-0.25, -0.2) is 8.42 Å². The van der Waals surface area contributed by atoms with Crippen LogP contribution in [0.5, 0.6) is 0 Å². The Balaban J connectivity index is 1.82. The molecule has 5 nitrogen and oxygen atoms in total. The summed E-state index contributed by atoms with van der Waals surface area (Å²) in [6.07, 6.45) is 0. The van der Waals surface area contributed by atoms with Crippen LogP contribution in [0.25, 0.3) is 0 Å². The molecule has 0 bridgehead atoms. The van der Waals surface area contributed by atoms with Gasteiger partial charge >= 0.3 is 0 Å². The summed E-state index contributed by atoms with van der Waals surface area (Å²) in [5, 5.41) is 3.32. The van der Waals surface area contributed by atoms with Crippen molar-refractivity contribution < 1.29 is 13.2 Å². The minimum Gasteiger partial charge on any atom is -0.348 e. The average Bonchev–Trinajstić information content (AvgIpc) is 2.75. The molecule has 0 aliphatic rings. The molecular formula is C23H21Br2ClN2O3S. The van der Waals surface area contributed by atoms with E-state index < -0.39 is 15.9 Å². The van der Waals surface area contributed by atoms with Crippen molar-refractivity contribution in [1.82, 2.24) is 9.62 Å². The Bertz CT molecular complexity index is 1170. The van der Waals surface area contributed by atoms with E-state index >= 15 is 0 Å². The van der Waals surface area contributed by atoms with Crippen molar-refractivity contribution in [1.29, 1.82) is 0 Å². The maximum atomic E-state index is 13.3. The standard InChI is InChI=1S/C23H21Br2ClN2O3S/c1-16(18-4-8-20(25)9-5-18)27-23(29)15-28(14-17-2-6-19(24)7-3-17)32(30,31)22-12-10-21(26)11-13-22/h2-13,16H,14-15H2,1H3,(H,27,29)/t16-/m0/s1. The van der Waals surface area contributed by atoms with Crippen LogP contribution in [-0.2, 0) is 21.4 Å². The quantitative estimate of drug-likeness (QED) is 0.349. The van der Waals surface area contributed by atoms with E-state index in [0.717, 1.165) is 20.1 Å². The first kappa shape index (κ1) is 24.9. The summed E-state index contributed by atoms with van der Waals surface area (Å²) in [6, 6.07) is 20.5. The van der Waals surface area contributed by atoms with Gasteiger partial charge in [0.05, 0.1) is 17.5 Å². The zero-order valence-electron chi connectivity index (χ0n) is 17.1. The van der Waals surface area contributed by atoms with Gasteiger partial charge in [-0.1, -0.05) is 67.7 Å². The lowest BCUT2D eigenvalue weighted by Crippen LogP contribution is -2.41. The lowest BCUT2D eigenvalue weighted by atomic mass is 10.1. The molecule has 3 aromatic rings. The van der Waals surface area contributed by atoms with Crippen molar-refractivity contribution in [2.24, 2.45) is 0 Å². The van der Waals surface area contributed by atoms with Crippen LogP contribution < -0.4 is 5.32 Å². The lowest BCUT2D eigenvalue weighted by molar-refractivity contribution is -0.122. The van der Waals surface area contributed by atoms with Crippen molar-refractivity contribution in [2.75, 3.05) is 6.54 Å². The van der Waals surface area contributed by atoms with Crippen molar-refractivity contribution in [3.05, 3.63) is 97.9 Å². The second-order valence-electron chi connectivity index (χ2n) is 7.19. The Hall–Kier alpha value is -1.71. The Morgan fingerprint density at radius 3 is 2.03 bits per heavy atom. The molecule has 1 N–H and O–H groups in total. The zero-order valence-corrected chi connectivity index (χ0v) is 21.9. The number of rotatable bonds is 8. The Labute approximate surface area is 210 Å². The Morgan fingerprint density at radius 1 is 0.938 bits per heavy atom. The van der Waals surface area contributed by atoms with Crippen LogP contribution in [0, 0.1) is 0 Å². The first-order valence-electron chi connectivity index (χ1n) is 9.70. The molecule has 0 aliphatic heterocycles. The van der Waals surface area contributed by atoms with Gasteiger partial charge in [-0.15, -0.1) is 0 Å². The number of carbonyl (C=O) groups is 1. The zero-order chi connectivity index (χ0) is 23.3. The molecule has 0 aliphatic carbocycles. The van der Waals surface area contributed by atoms with Crippen LogP contribution >= 0.6 is 43.5 Å². The number of benzene rings is 3. The van der Waals surface area contributed by atoms with Gasteiger partial charge in [0.1, 0.15) is 0 Å². The third-order valence-corrected chi connectivity index (χ3v) is 7.91. The van der Waals surface area contributed by atoms with Gasteiger partial charge in [-0.05, 0) is 66.6 Å². The second-order valence-corrected chi connectivity index (χ2v) is 11.4. The second kappa shape index (κ2) is 10.9. The van der Waals surface area contributed by atoms with Crippen LogP contribution in [0.3, 0.4) is 0 Å². The average molecular weight is 601 g/mol. The first-order valence-corrected chi connectivity index (χ1v) is 13.1. The van der Waals surface area contributed by atoms with Crippen LogP contribution in [0.4, 0.5) is 0 Å². The van der Waals surface area contributed by atoms with E-state index in [0.29, 0.717) is 5.02 Å². The molecule has 0 unspecified atom stereocenters. The summed E-state index contributed by atoms with van der Waals surface area (Å²) in [5.41, 5.74) is 1.68. The highest BCUT2D eigenvalue weighted by molar-refractivity contribution is 9.10. The summed E-state index contributed by atoms with van der Waals surface area (Å²) in [6.45, 7) is 1.59. The van der Waals surface area contributed by atoms with Gasteiger partial charge in [0.2, 0.25) is 15.9 Å². The van der Waals surface area contributed by atoms with Crippen molar-refractivity contribution >= 4 is 59.4 Å². The van der Waals surface area contributed by atoms with Gasteiger partial charge < -0.3 is 5.32 Å². The van der Waals surface area contributed by atoms with Crippen LogP contribution in [0.15, 0.2) is 86.6 Å². The van der Waals surface area contributed by atoms with Gasteiger partial charge in [-0.3, -0.25) is 4.79 Å². The highest BCUT2D eigenvalue weighted by Gasteiger charge is 2.27. The van der Waals surface area contributed by atoms with E-state index in [2.05, 4.69) is 37.2 Å². The van der Waals surface area contributed by atoms with Crippen LogP contribution in [0.2, 0.25) is 5.02 Å². The first-order chi connectivity index (χ1) is 15.1. The molecule has 0 saturated heterocycles. The van der Waals surface area contributed by atoms with Crippen molar-refractivity contribution in [2.45, 2.75) is 24.4 Å². The number of sulfonamides is 1. The Morgan fingerprint density at radius 2 is 1.47 bits per heavy atom. The van der Waals surface area contributed by atoms with Crippen molar-refractivity contribution in [3.63, 3.8) is 0 Å². The molecule has 0 radical (unpaired) electrons. The Kier molecular flexibility index (Phi) is 8.52. The van der Waals surface area contributed by atoms with Gasteiger partial charge in [-0.2, -0.15) is 4.31 Å². The smallest absolute Gasteiger partial charge is 0.243 e. The summed E-state index contributed by atoms with van der Waals surface area (Å²) in [4.78, 5) is 12.9. The molecule has 3 aromatic carbocycles. The number of hydrogen-bond donors (Lipinski definition) is 1. The number of nitrogens with one attached hydrogen (secondary N) is 1. The fraction of sp³-hybridized carbons (Fsp3) is 0.174. The van der Waals surface area contributed by atoms with E-state index in [1.165, 1.54) is 28.6 Å². The van der Waals surface area contributed by atoms with E-state index in [4.69, 9.17) is 11.6 Å². The molecule has 1 amide bonds. The number of carbonyl (C=O) groups excluding carboxylic acids is 1. The summed E-state index contributed by atoms with van der Waals surface area (Å²) in [7, 11) is -3.93. The fourth-order valence-corrected chi connectivity index (χ4v) is 5.10. The minimum absolute atomic E-state index is 0.0539. The highest BCUT2D eigenvalue weighted by atomic mass is 79.9. The summed E-state index contributed by atoms with van der Waals surface area (Å²) in [5.74, 6) is -0.393. The van der Waals surface area contributed by atoms with E-state index in [-0.39, 0.29) is 24.0 Å². The van der Waals surface area contributed by atoms with Crippen molar-refractivity contribution in [3.8, 4) is 0 Å². The molecule has 9 heteroatoms. The molecule has 0 saturated carbocycles. The maximum Gasteiger partial charge on any atom is 0.243 e. The molecular weight excluding hydrogens is 580 g/mol. The lowest BCUT2D eigenvalue weighted by Gasteiger charge is -2.23. The summed E-state index contributed by atoms with van der Waals surface area (Å²) >= 11 is 12.7. The monoisotopic (exact) mass is 598 g/mol. The molecule has 3 rings (SSSR count). The molecule has 1 atom stereocenters. The SMILES string of the molecule is C[C@H](NC(=O)CN(Cc1ccc(Br)cc1)S(=O)(=O)c1ccc(Cl)cc1)c1ccc(Br)cc1. The predicted octanol–water partition coefficient (Wildman–Crippen LogP) is 5.93. The van der Waals surface area contributed by atoms with Gasteiger partial charge in [0.15, 0.2) is 0 Å². The summed E-state index contributed by atoms with van der Waals surface area (Å²) < 4.78 is 29.7. The van der Waals surface area contributed by atoms with E-state index in [1.54, 1.807) is 0 Å². The van der Waals surface area contributed by atoms with Crippen LogP contribution in [-0.4, -0.2) is 25.2 Å². The largest absolute Gasteiger partial charge is 0.348 e. The molecule has 0 aromatic heterocycles. The van der Waals surface area contributed by atoms with Gasteiger partial charge in [0, 0.05) is 20.5 Å². The molecule has 0 fully saturated rings. The number of amides is 1. The van der Waals surface area contributed by atoms with Gasteiger partial charge in [0.25, 0.3) is 0 Å². The third kappa shape index (κ3) is 6.65. The molecule has 32 heavy (non-hydrogen) atoms. The topological polar surface area (TPSA) is 66.5 Å². The fourth-order valence-electron chi connectivity index (χ4n) is 3.06. The third-order valence-electron chi connectivity index (χ3n) is 4.79. The van der Waals surface area contributed by atoms with Crippen LogP contribution in [0.1, 0.15) is 24.1 Å². The highest BCUT2D eigenvalue weighted by Crippen LogP contribution is 2.22. The molecule has 0 heterocycles. The maximum absolute atomic E-state index is 13.3. The normalized spacial score (nSPS) is 12.5. The number of nitrogens with zero attached hydrogens (tertiary/aromatic N) is 1. The predicted molar refractivity (Wildman–Crippen MR) is 134 cm³/mol. The van der Waals surface area contributed by atoms with E-state index in [1.807, 2.05) is 55.5 Å². The number of halogens is 3. The van der Waals surface area contributed by atoms with E-state index in [9.17, 15) is 13.2 Å². The molecule has 168 valence electrons. The number of hydrogen-bond acceptors (Lipinski definition) is 3. The minimum atomic E-state index is -3.93.